The Labute approximate surface area is 136 Å². The normalized spacial score (nSPS) is 25.9. The van der Waals surface area contributed by atoms with Crippen molar-refractivity contribution in [2.24, 2.45) is 5.92 Å². The van der Waals surface area contributed by atoms with Crippen molar-refractivity contribution in [1.82, 2.24) is 0 Å². The Morgan fingerprint density at radius 2 is 2.00 bits per heavy atom. The van der Waals surface area contributed by atoms with Crippen LogP contribution < -0.4 is 5.32 Å². The van der Waals surface area contributed by atoms with E-state index in [-0.39, 0.29) is 17.9 Å². The van der Waals surface area contributed by atoms with E-state index < -0.39 is 0 Å². The molecule has 2 aliphatic rings. The summed E-state index contributed by atoms with van der Waals surface area (Å²) in [4.78, 5) is 11.7. The first-order valence-electron chi connectivity index (χ1n) is 8.32. The van der Waals surface area contributed by atoms with E-state index in [1.54, 1.807) is 6.92 Å². The quantitative estimate of drug-likeness (QED) is 0.829. The van der Waals surface area contributed by atoms with E-state index in [0.29, 0.717) is 5.92 Å². The van der Waals surface area contributed by atoms with Gasteiger partial charge >= 0.3 is 0 Å². The fraction of sp³-hybridized carbons (Fsp3) is 0.350. The van der Waals surface area contributed by atoms with E-state index in [4.69, 9.17) is 4.74 Å². The average molecular weight is 307 g/mol. The Morgan fingerprint density at radius 3 is 2.78 bits per heavy atom. The summed E-state index contributed by atoms with van der Waals surface area (Å²) in [5.41, 5.74) is 4.28. The van der Waals surface area contributed by atoms with E-state index in [9.17, 15) is 4.79 Å². The number of nitrogens with one attached hydrogen (secondary N) is 1. The van der Waals surface area contributed by atoms with Crippen LogP contribution in [-0.2, 0) is 4.74 Å². The Hall–Kier alpha value is -2.13. The number of carbonyl (C=O) groups is 1. The van der Waals surface area contributed by atoms with Gasteiger partial charge in [0.2, 0.25) is 0 Å². The number of rotatable bonds is 2. The fourth-order valence-corrected chi connectivity index (χ4v) is 3.88. The van der Waals surface area contributed by atoms with Gasteiger partial charge < -0.3 is 10.1 Å². The Bertz CT molecular complexity index is 726. The topological polar surface area (TPSA) is 38.3 Å². The van der Waals surface area contributed by atoms with Gasteiger partial charge in [0.15, 0.2) is 5.78 Å². The van der Waals surface area contributed by atoms with E-state index in [2.05, 4.69) is 29.6 Å². The third-order valence-corrected chi connectivity index (χ3v) is 5.03. The maximum Gasteiger partial charge on any atom is 0.159 e. The molecule has 0 radical (unpaired) electrons. The summed E-state index contributed by atoms with van der Waals surface area (Å²) in [5, 5.41) is 3.69. The number of ketones is 1. The summed E-state index contributed by atoms with van der Waals surface area (Å²) in [6.45, 7) is 2.41. The highest BCUT2D eigenvalue weighted by Crippen LogP contribution is 2.49. The smallest absolute Gasteiger partial charge is 0.159 e. The first-order valence-corrected chi connectivity index (χ1v) is 8.32. The van der Waals surface area contributed by atoms with Crippen molar-refractivity contribution in [2.45, 2.75) is 31.9 Å². The lowest BCUT2D eigenvalue weighted by atomic mass is 9.77. The minimum Gasteiger partial charge on any atom is -0.378 e. The van der Waals surface area contributed by atoms with E-state index in [0.717, 1.165) is 36.3 Å². The zero-order chi connectivity index (χ0) is 15.8. The zero-order valence-corrected chi connectivity index (χ0v) is 13.3. The number of hydrogen-bond donors (Lipinski definition) is 1. The predicted molar refractivity (Wildman–Crippen MR) is 90.7 cm³/mol. The van der Waals surface area contributed by atoms with E-state index >= 15 is 0 Å². The van der Waals surface area contributed by atoms with Gasteiger partial charge in [-0.25, -0.2) is 0 Å². The molecule has 0 aliphatic carbocycles. The van der Waals surface area contributed by atoms with Gasteiger partial charge in [0.1, 0.15) is 0 Å². The van der Waals surface area contributed by atoms with Gasteiger partial charge in [-0.15, -0.1) is 0 Å². The molecule has 0 spiro atoms. The van der Waals surface area contributed by atoms with Crippen molar-refractivity contribution in [3.63, 3.8) is 0 Å². The molecule has 0 aromatic heterocycles. The van der Waals surface area contributed by atoms with Crippen molar-refractivity contribution in [3.8, 4) is 0 Å². The van der Waals surface area contributed by atoms with Crippen LogP contribution in [0.25, 0.3) is 0 Å². The van der Waals surface area contributed by atoms with Crippen LogP contribution in [0.4, 0.5) is 5.69 Å². The molecular formula is C20H21NO2. The number of anilines is 1. The van der Waals surface area contributed by atoms with Crippen LogP contribution in [0, 0.1) is 5.92 Å². The monoisotopic (exact) mass is 307 g/mol. The Kier molecular flexibility index (Phi) is 3.66. The number of carbonyl (C=O) groups excluding carboxylic acids is 1. The largest absolute Gasteiger partial charge is 0.378 e. The molecule has 118 valence electrons. The van der Waals surface area contributed by atoms with Crippen molar-refractivity contribution in [3.05, 3.63) is 65.2 Å². The lowest BCUT2D eigenvalue weighted by Gasteiger charge is -2.43. The summed E-state index contributed by atoms with van der Waals surface area (Å²) in [6.07, 6.45) is 2.30. The average Bonchev–Trinajstić information content (AvgIpc) is 2.61. The summed E-state index contributed by atoms with van der Waals surface area (Å²) in [7, 11) is 0. The molecule has 0 saturated carbocycles. The molecule has 2 aromatic carbocycles. The molecule has 2 heterocycles. The van der Waals surface area contributed by atoms with Crippen LogP contribution in [0.15, 0.2) is 48.5 Å². The summed E-state index contributed by atoms with van der Waals surface area (Å²) in [6, 6.07) is 16.8. The Balaban J connectivity index is 1.78. The first kappa shape index (κ1) is 14.5. The van der Waals surface area contributed by atoms with Crippen LogP contribution in [0.2, 0.25) is 0 Å². The molecule has 2 aromatic rings. The van der Waals surface area contributed by atoms with Gasteiger partial charge in [-0.2, -0.15) is 0 Å². The van der Waals surface area contributed by atoms with Crippen molar-refractivity contribution in [1.29, 1.82) is 0 Å². The SMILES string of the molecule is CC(=O)c1ccc2c(c1)[C@H]1OCCC[C@H]1[C@H](c1ccccc1)N2. The number of benzene rings is 2. The fourth-order valence-electron chi connectivity index (χ4n) is 3.88. The van der Waals surface area contributed by atoms with Crippen molar-refractivity contribution in [2.75, 3.05) is 11.9 Å². The standard InChI is InChI=1S/C20H21NO2/c1-13(22)15-9-10-18-17(12-15)20-16(8-5-11-23-20)19(21-18)14-6-3-2-4-7-14/h2-4,6-7,9-10,12,16,19-21H,5,8,11H2,1H3/t16-,19-,20-/m0/s1. The number of ether oxygens (including phenoxy) is 1. The summed E-state index contributed by atoms with van der Waals surface area (Å²) < 4.78 is 6.14. The highest BCUT2D eigenvalue weighted by molar-refractivity contribution is 5.94. The molecule has 3 heteroatoms. The van der Waals surface area contributed by atoms with Crippen molar-refractivity contribution < 1.29 is 9.53 Å². The lowest BCUT2D eigenvalue weighted by Crippen LogP contribution is -2.36. The molecule has 1 fully saturated rings. The van der Waals surface area contributed by atoms with E-state index in [1.165, 1.54) is 5.56 Å². The first-order chi connectivity index (χ1) is 11.2. The molecule has 1 N–H and O–H groups in total. The van der Waals surface area contributed by atoms with Gasteiger partial charge in [-0.05, 0) is 43.5 Å². The molecule has 3 nitrogen and oxygen atoms in total. The van der Waals surface area contributed by atoms with Crippen LogP contribution in [0.5, 0.6) is 0 Å². The third-order valence-electron chi connectivity index (χ3n) is 5.03. The number of Topliss-reactive ketones (excluding diaryl/α,β-unsaturated/α-hetero) is 1. The Morgan fingerprint density at radius 1 is 1.17 bits per heavy atom. The van der Waals surface area contributed by atoms with Gasteiger partial charge in [0.25, 0.3) is 0 Å². The van der Waals surface area contributed by atoms with Gasteiger partial charge in [0.05, 0.1) is 12.1 Å². The third kappa shape index (κ3) is 2.55. The summed E-state index contributed by atoms with van der Waals surface area (Å²) in [5.74, 6) is 0.506. The minimum absolute atomic E-state index is 0.0736. The second-order valence-corrected chi connectivity index (χ2v) is 6.49. The van der Waals surface area contributed by atoms with Crippen LogP contribution >= 0.6 is 0 Å². The molecule has 2 aliphatic heterocycles. The van der Waals surface area contributed by atoms with Crippen molar-refractivity contribution >= 4 is 11.5 Å². The maximum atomic E-state index is 11.7. The molecular weight excluding hydrogens is 286 g/mol. The van der Waals surface area contributed by atoms with Crippen LogP contribution in [-0.4, -0.2) is 12.4 Å². The molecule has 0 unspecified atom stereocenters. The van der Waals surface area contributed by atoms with Crippen LogP contribution in [0.3, 0.4) is 0 Å². The van der Waals surface area contributed by atoms with Crippen LogP contribution in [0.1, 0.15) is 53.4 Å². The molecule has 0 bridgehead atoms. The van der Waals surface area contributed by atoms with Gasteiger partial charge in [-0.1, -0.05) is 30.3 Å². The lowest BCUT2D eigenvalue weighted by molar-refractivity contribution is -0.0381. The molecule has 23 heavy (non-hydrogen) atoms. The second kappa shape index (κ2) is 5.82. The highest BCUT2D eigenvalue weighted by atomic mass is 16.5. The molecule has 1 saturated heterocycles. The maximum absolute atomic E-state index is 11.7. The zero-order valence-electron chi connectivity index (χ0n) is 13.3. The number of fused-ring (bicyclic) bond motifs is 3. The highest BCUT2D eigenvalue weighted by Gasteiger charge is 2.39. The molecule has 0 amide bonds. The number of hydrogen-bond acceptors (Lipinski definition) is 3. The van der Waals surface area contributed by atoms with Gasteiger partial charge in [-0.3, -0.25) is 4.79 Å². The second-order valence-electron chi connectivity index (χ2n) is 6.49. The molecule has 3 atom stereocenters. The minimum atomic E-state index is 0.0736. The molecule has 4 rings (SSSR count). The predicted octanol–water partition coefficient (Wildman–Crippen LogP) is 4.52. The summed E-state index contributed by atoms with van der Waals surface area (Å²) >= 11 is 0. The van der Waals surface area contributed by atoms with E-state index in [1.807, 2.05) is 24.3 Å². The van der Waals surface area contributed by atoms with Gasteiger partial charge in [0, 0.05) is 29.3 Å².